The van der Waals surface area contributed by atoms with Crippen molar-refractivity contribution in [3.05, 3.63) is 58.6 Å². The Morgan fingerprint density at radius 2 is 0.977 bits per heavy atom. The van der Waals surface area contributed by atoms with Crippen LogP contribution in [0.2, 0.25) is 10.0 Å². The summed E-state index contributed by atoms with van der Waals surface area (Å²) in [5.74, 6) is 0.564. The van der Waals surface area contributed by atoms with E-state index in [-0.39, 0.29) is 28.5 Å². The Balaban J connectivity index is 0.00000160. The average molecular weight is 703 g/mol. The second kappa shape index (κ2) is 20.6. The van der Waals surface area contributed by atoms with E-state index >= 15 is 0 Å². The first kappa shape index (κ1) is 40.7. The zero-order chi connectivity index (χ0) is 32.5. The molecule has 0 aliphatic carbocycles. The maximum atomic E-state index is 9.63. The fourth-order valence-corrected chi connectivity index (χ4v) is 4.20. The number of phosphoric acid groups is 2. The van der Waals surface area contributed by atoms with Gasteiger partial charge < -0.3 is 53.1 Å². The van der Waals surface area contributed by atoms with Crippen molar-refractivity contribution in [2.45, 2.75) is 25.7 Å². The Morgan fingerprint density at radius 1 is 0.659 bits per heavy atom. The second-order valence-corrected chi connectivity index (χ2v) is 11.7. The Bertz CT molecular complexity index is 1270. The molecule has 0 aromatic heterocycles. The van der Waals surface area contributed by atoms with E-state index in [9.17, 15) is 9.13 Å². The number of hydrogen-bond acceptors (Lipinski definition) is 5. The number of nitrogens with two attached hydrogens (primary N) is 4. The number of nitrogens with one attached hydrogen (secondary N) is 2. The van der Waals surface area contributed by atoms with E-state index < -0.39 is 15.6 Å². The number of anilines is 2. The predicted molar refractivity (Wildman–Crippen MR) is 173 cm³/mol. The van der Waals surface area contributed by atoms with Crippen molar-refractivity contribution in [1.29, 1.82) is 0 Å². The van der Waals surface area contributed by atoms with Gasteiger partial charge in [0.15, 0.2) is 0 Å². The van der Waals surface area contributed by atoms with Crippen molar-refractivity contribution in [3.8, 4) is 0 Å². The molecule has 0 radical (unpaired) electrons. The van der Waals surface area contributed by atoms with E-state index in [2.05, 4.69) is 34.9 Å². The number of benzene rings is 2. The molecule has 17 nitrogen and oxygen atoms in total. The molecule has 0 aliphatic heterocycles. The van der Waals surface area contributed by atoms with Gasteiger partial charge in [0.25, 0.3) is 0 Å². The fraction of sp³-hybridized carbons (Fsp3) is 0.273. The highest BCUT2D eigenvalue weighted by molar-refractivity contribution is 7.60. The molecule has 2 aromatic carbocycles. The summed E-state index contributed by atoms with van der Waals surface area (Å²) in [6, 6.07) is 14.1. The lowest BCUT2D eigenvalue weighted by molar-refractivity contribution is 0.225. The third kappa shape index (κ3) is 22.3. The topological polar surface area (TPSA) is 302 Å². The number of unbranched alkanes of at least 4 members (excludes halogenated alkanes) is 3. The summed E-state index contributed by atoms with van der Waals surface area (Å²) in [5.41, 5.74) is 24.8. The molecule has 2 rings (SSSR count). The second-order valence-electron chi connectivity index (χ2n) is 8.21. The van der Waals surface area contributed by atoms with E-state index in [4.69, 9.17) is 65.7 Å². The number of halogens is 3. The molecule has 2 aromatic rings. The van der Waals surface area contributed by atoms with Gasteiger partial charge in [-0.15, -0.1) is 0 Å². The van der Waals surface area contributed by atoms with Crippen LogP contribution < -0.4 is 33.6 Å². The maximum absolute atomic E-state index is 9.63. The van der Waals surface area contributed by atoms with Gasteiger partial charge in [-0.1, -0.05) is 36.0 Å². The van der Waals surface area contributed by atoms with Gasteiger partial charge in [0.2, 0.25) is 23.8 Å². The molecule has 0 spiro atoms. The minimum absolute atomic E-state index is 0. The lowest BCUT2D eigenvalue weighted by Gasteiger charge is -2.05. The summed E-state index contributed by atoms with van der Waals surface area (Å²) in [5, 5.41) is 7.11. The Morgan fingerprint density at radius 3 is 1.25 bits per heavy atom. The summed E-state index contributed by atoms with van der Waals surface area (Å²) >= 11 is 11.7. The van der Waals surface area contributed by atoms with Gasteiger partial charge in [0.05, 0.1) is 0 Å². The normalized spacial score (nSPS) is 13.0. The van der Waals surface area contributed by atoms with Crippen LogP contribution in [0.15, 0.2) is 68.5 Å². The number of guanidine groups is 4. The van der Waals surface area contributed by atoms with Crippen molar-refractivity contribution < 1.29 is 37.7 Å². The molecule has 14 N–H and O–H groups in total. The first-order chi connectivity index (χ1) is 20.0. The van der Waals surface area contributed by atoms with Crippen LogP contribution in [0.3, 0.4) is 0 Å². The largest absolute Gasteiger partial charge is 0.478 e. The number of aliphatic imine (C=N–C) groups is 4. The SMILES string of the molecule is F.NC(=NCCCCCCN=C(N)N=C(N)Nc1ccc(Cl)cc1)N=C(N)Nc1ccc(Cl)cc1.O=P(O)(O)OP(=O)(O)O. The molecule has 0 amide bonds. The minimum atomic E-state index is -5.05. The standard InChI is InChI=1S/C22H30Cl2N10.FH.H4O7P2/c23-15-5-9-17(10-6-15)31-21(27)33-19(25)29-13-3-1-2-4-14-30-20(26)34-22(28)32-18-11-7-16(24)8-12-18;;1-8(2,3)7-9(4,5)6/h5-12H,1-4,13-14H2,(H5,25,27,29,31,33)(H5,26,28,30,32,34);1H;(H2,1,2,3)(H2,4,5,6). The van der Waals surface area contributed by atoms with Gasteiger partial charge in [-0.2, -0.15) is 14.3 Å². The van der Waals surface area contributed by atoms with Crippen LogP contribution in [0.25, 0.3) is 0 Å². The number of hydrogen-bond donors (Lipinski definition) is 10. The quantitative estimate of drug-likeness (QED) is 0.0698. The van der Waals surface area contributed by atoms with Crippen LogP contribution in [0.1, 0.15) is 25.7 Å². The zero-order valence-corrected chi connectivity index (χ0v) is 26.3. The number of nitrogens with zero attached hydrogens (tertiary/aromatic N) is 4. The van der Waals surface area contributed by atoms with Crippen molar-refractivity contribution in [2.75, 3.05) is 23.7 Å². The van der Waals surface area contributed by atoms with Gasteiger partial charge in [-0.3, -0.25) is 14.7 Å². The van der Waals surface area contributed by atoms with E-state index in [1.807, 2.05) is 0 Å². The lowest BCUT2D eigenvalue weighted by atomic mass is 10.2. The third-order valence-electron chi connectivity index (χ3n) is 4.53. The zero-order valence-electron chi connectivity index (χ0n) is 23.0. The summed E-state index contributed by atoms with van der Waals surface area (Å²) < 4.78 is 22.2. The van der Waals surface area contributed by atoms with Gasteiger partial charge in [0.1, 0.15) is 0 Å². The molecule has 0 bridgehead atoms. The summed E-state index contributed by atoms with van der Waals surface area (Å²) in [6.45, 7) is 1.12. The van der Waals surface area contributed by atoms with Crippen LogP contribution in [0.4, 0.5) is 16.1 Å². The summed E-state index contributed by atoms with van der Waals surface area (Å²) in [6.07, 6.45) is 3.68. The fourth-order valence-electron chi connectivity index (χ4n) is 2.84. The molecule has 246 valence electrons. The van der Waals surface area contributed by atoms with Crippen LogP contribution in [-0.2, 0) is 13.4 Å². The van der Waals surface area contributed by atoms with Crippen LogP contribution in [-0.4, -0.2) is 56.5 Å². The van der Waals surface area contributed by atoms with Crippen molar-refractivity contribution in [2.24, 2.45) is 42.9 Å². The molecule has 44 heavy (non-hydrogen) atoms. The van der Waals surface area contributed by atoms with Crippen molar-refractivity contribution in [1.82, 2.24) is 0 Å². The Labute approximate surface area is 262 Å². The first-order valence-electron chi connectivity index (χ1n) is 12.2. The van der Waals surface area contributed by atoms with Crippen LogP contribution in [0, 0.1) is 0 Å². The molecule has 0 saturated heterocycles. The highest BCUT2D eigenvalue weighted by Crippen LogP contribution is 2.53. The van der Waals surface area contributed by atoms with E-state index in [1.54, 1.807) is 48.5 Å². The molecule has 0 unspecified atom stereocenters. The first-order valence-corrected chi connectivity index (χ1v) is 16.0. The van der Waals surface area contributed by atoms with Gasteiger partial charge in [-0.05, 0) is 61.4 Å². The van der Waals surface area contributed by atoms with Crippen LogP contribution in [0.5, 0.6) is 0 Å². The van der Waals surface area contributed by atoms with E-state index in [0.717, 1.165) is 37.1 Å². The summed E-state index contributed by atoms with van der Waals surface area (Å²) in [7, 11) is -10.1. The van der Waals surface area contributed by atoms with Gasteiger partial charge in [-0.25, -0.2) is 9.13 Å². The van der Waals surface area contributed by atoms with Crippen molar-refractivity contribution in [3.63, 3.8) is 0 Å². The Hall–Kier alpha value is -3.31. The monoisotopic (exact) mass is 702 g/mol. The molecule has 0 saturated carbocycles. The average Bonchev–Trinajstić information content (AvgIpc) is 2.86. The molecule has 22 heteroatoms. The molecular weight excluding hydrogens is 668 g/mol. The minimum Gasteiger partial charge on any atom is -0.369 e. The molecule has 0 fully saturated rings. The van der Waals surface area contributed by atoms with Gasteiger partial charge in [0, 0.05) is 34.5 Å². The predicted octanol–water partition coefficient (Wildman–Crippen LogP) is 2.68. The molecule has 0 heterocycles. The molecule has 0 aliphatic rings. The highest BCUT2D eigenvalue weighted by Gasteiger charge is 2.27. The lowest BCUT2D eigenvalue weighted by Crippen LogP contribution is -2.26. The molecule has 0 atom stereocenters. The van der Waals surface area contributed by atoms with Crippen molar-refractivity contribution >= 4 is 74.1 Å². The maximum Gasteiger partial charge on any atom is 0.478 e. The number of rotatable bonds is 11. The molecular formula is C22H35Cl2FN10O7P2. The van der Waals surface area contributed by atoms with E-state index in [0.29, 0.717) is 23.1 Å². The van der Waals surface area contributed by atoms with Gasteiger partial charge >= 0.3 is 15.6 Å². The summed E-state index contributed by atoms with van der Waals surface area (Å²) in [4.78, 5) is 47.5. The highest BCUT2D eigenvalue weighted by atomic mass is 35.5. The van der Waals surface area contributed by atoms with Crippen LogP contribution >= 0.6 is 38.8 Å². The van der Waals surface area contributed by atoms with E-state index in [1.165, 1.54) is 0 Å². The smallest absolute Gasteiger partial charge is 0.369 e. The Kier molecular flexibility index (Phi) is 19.1. The third-order valence-corrected chi connectivity index (χ3v) is 6.74.